The van der Waals surface area contributed by atoms with Crippen LogP contribution in [0.4, 0.5) is 13.2 Å². The second kappa shape index (κ2) is 6.94. The topological polar surface area (TPSA) is 68.2 Å². The van der Waals surface area contributed by atoms with Crippen LogP contribution in [0.1, 0.15) is 23.6 Å². The standard InChI is InChI=1S/C19H17F3N2O4S/c1-12-2-5-14(6-3-12)29(25,26)24-15(11-18(23-24)19(20,21)22)13-4-7-16-17(10-13)28-9-8-27-16/h2-7,10,15H,8-9,11H2,1H3. The Morgan fingerprint density at radius 2 is 1.69 bits per heavy atom. The number of fused-ring (bicyclic) bond motifs is 1. The quantitative estimate of drug-likeness (QED) is 0.748. The minimum absolute atomic E-state index is 0.127. The van der Waals surface area contributed by atoms with E-state index in [-0.39, 0.29) is 4.90 Å². The number of sulfonamides is 1. The number of ether oxygens (including phenoxy) is 2. The summed E-state index contributed by atoms with van der Waals surface area (Å²) in [6.45, 7) is 2.45. The monoisotopic (exact) mass is 426 g/mol. The predicted molar refractivity (Wildman–Crippen MR) is 98.5 cm³/mol. The van der Waals surface area contributed by atoms with Gasteiger partial charge in [0, 0.05) is 6.42 Å². The van der Waals surface area contributed by atoms with Crippen LogP contribution >= 0.6 is 0 Å². The first-order chi connectivity index (χ1) is 13.7. The molecule has 0 aromatic heterocycles. The molecule has 4 rings (SSSR count). The Labute approximate surface area is 165 Å². The van der Waals surface area contributed by atoms with Gasteiger partial charge in [-0.2, -0.15) is 31.1 Å². The van der Waals surface area contributed by atoms with Gasteiger partial charge in [0.05, 0.1) is 10.9 Å². The van der Waals surface area contributed by atoms with Crippen molar-refractivity contribution < 1.29 is 31.1 Å². The van der Waals surface area contributed by atoms with Crippen LogP contribution in [0.15, 0.2) is 52.5 Å². The van der Waals surface area contributed by atoms with Gasteiger partial charge in [-0.3, -0.25) is 0 Å². The first-order valence-corrected chi connectivity index (χ1v) is 10.3. The largest absolute Gasteiger partial charge is 0.486 e. The van der Waals surface area contributed by atoms with Crippen LogP contribution in [0.3, 0.4) is 0 Å². The van der Waals surface area contributed by atoms with Gasteiger partial charge in [0.25, 0.3) is 10.0 Å². The molecule has 0 saturated heterocycles. The van der Waals surface area contributed by atoms with Crippen LogP contribution in [-0.4, -0.2) is 37.9 Å². The van der Waals surface area contributed by atoms with Gasteiger partial charge in [-0.25, -0.2) is 0 Å². The number of nitrogens with zero attached hydrogens (tertiary/aromatic N) is 2. The van der Waals surface area contributed by atoms with Gasteiger partial charge < -0.3 is 9.47 Å². The lowest BCUT2D eigenvalue weighted by Gasteiger charge is -2.25. The number of benzene rings is 2. The minimum atomic E-state index is -4.73. The van der Waals surface area contributed by atoms with Crippen LogP contribution in [0.5, 0.6) is 11.5 Å². The lowest BCUT2D eigenvalue weighted by Crippen LogP contribution is -2.27. The number of alkyl halides is 3. The SMILES string of the molecule is Cc1ccc(S(=O)(=O)N2N=C(C(F)(F)F)CC2c2ccc3c(c2)OCCO3)cc1. The molecule has 0 aliphatic carbocycles. The van der Waals surface area contributed by atoms with E-state index in [1.165, 1.54) is 24.3 Å². The van der Waals surface area contributed by atoms with E-state index in [2.05, 4.69) is 5.10 Å². The molecule has 0 fully saturated rings. The van der Waals surface area contributed by atoms with Gasteiger partial charge in [-0.1, -0.05) is 23.8 Å². The number of hydrazone groups is 1. The molecule has 0 bridgehead atoms. The van der Waals surface area contributed by atoms with Crippen molar-refractivity contribution >= 4 is 15.7 Å². The van der Waals surface area contributed by atoms with Crippen molar-refractivity contribution in [1.82, 2.24) is 4.41 Å². The molecule has 2 aromatic rings. The predicted octanol–water partition coefficient (Wildman–Crippen LogP) is 3.82. The van der Waals surface area contributed by atoms with Crippen molar-refractivity contribution in [2.45, 2.75) is 30.5 Å². The third-order valence-corrected chi connectivity index (χ3v) is 6.41. The van der Waals surface area contributed by atoms with E-state index in [9.17, 15) is 21.6 Å². The maximum Gasteiger partial charge on any atom is 0.431 e. The fourth-order valence-electron chi connectivity index (χ4n) is 3.22. The van der Waals surface area contributed by atoms with Crippen LogP contribution in [0.2, 0.25) is 0 Å². The Morgan fingerprint density at radius 1 is 1.03 bits per heavy atom. The molecule has 2 aromatic carbocycles. The summed E-state index contributed by atoms with van der Waals surface area (Å²) in [5.74, 6) is 0.824. The lowest BCUT2D eigenvalue weighted by molar-refractivity contribution is -0.0600. The van der Waals surface area contributed by atoms with Gasteiger partial charge >= 0.3 is 6.18 Å². The molecule has 1 unspecified atom stereocenters. The number of aryl methyl sites for hydroxylation is 1. The summed E-state index contributed by atoms with van der Waals surface area (Å²) in [4.78, 5) is -0.127. The van der Waals surface area contributed by atoms with Gasteiger partial charge in [0.2, 0.25) is 0 Å². The summed E-state index contributed by atoms with van der Waals surface area (Å²) in [5, 5.41) is 3.46. The van der Waals surface area contributed by atoms with Gasteiger partial charge in [-0.05, 0) is 36.8 Å². The fraction of sp³-hybridized carbons (Fsp3) is 0.316. The minimum Gasteiger partial charge on any atom is -0.486 e. The Bertz CT molecular complexity index is 1070. The summed E-state index contributed by atoms with van der Waals surface area (Å²) in [7, 11) is -4.29. The Balaban J connectivity index is 1.77. The number of hydrogen-bond acceptors (Lipinski definition) is 5. The second-order valence-electron chi connectivity index (χ2n) is 6.76. The molecule has 6 nitrogen and oxygen atoms in total. The van der Waals surface area contributed by atoms with Crippen molar-refractivity contribution in [3.05, 3.63) is 53.6 Å². The molecule has 154 valence electrons. The zero-order chi connectivity index (χ0) is 20.8. The van der Waals surface area contributed by atoms with Crippen LogP contribution in [0.25, 0.3) is 0 Å². The molecular weight excluding hydrogens is 409 g/mol. The zero-order valence-corrected chi connectivity index (χ0v) is 16.1. The van der Waals surface area contributed by atoms with E-state index in [0.29, 0.717) is 34.7 Å². The zero-order valence-electron chi connectivity index (χ0n) is 15.3. The highest BCUT2D eigenvalue weighted by Gasteiger charge is 2.47. The van der Waals surface area contributed by atoms with E-state index >= 15 is 0 Å². The van der Waals surface area contributed by atoms with Crippen LogP contribution < -0.4 is 9.47 Å². The smallest absolute Gasteiger partial charge is 0.431 e. The molecule has 0 amide bonds. The molecule has 0 radical (unpaired) electrons. The van der Waals surface area contributed by atoms with Crippen molar-refractivity contribution in [1.29, 1.82) is 0 Å². The van der Waals surface area contributed by atoms with E-state index < -0.39 is 34.4 Å². The van der Waals surface area contributed by atoms with E-state index in [0.717, 1.165) is 5.56 Å². The third-order valence-electron chi connectivity index (χ3n) is 4.72. The molecule has 1 atom stereocenters. The maximum atomic E-state index is 13.3. The Morgan fingerprint density at radius 3 is 2.34 bits per heavy atom. The Hall–Kier alpha value is -2.75. The molecule has 2 aliphatic heterocycles. The van der Waals surface area contributed by atoms with Gasteiger partial charge in [-0.15, -0.1) is 0 Å². The maximum absolute atomic E-state index is 13.3. The van der Waals surface area contributed by atoms with Crippen molar-refractivity contribution in [3.63, 3.8) is 0 Å². The van der Waals surface area contributed by atoms with E-state index in [1.807, 2.05) is 0 Å². The van der Waals surface area contributed by atoms with Crippen LogP contribution in [-0.2, 0) is 10.0 Å². The van der Waals surface area contributed by atoms with Crippen molar-refractivity contribution in [2.24, 2.45) is 5.10 Å². The third kappa shape index (κ3) is 3.64. The molecule has 0 saturated carbocycles. The molecule has 2 aliphatic rings. The summed E-state index contributed by atoms with van der Waals surface area (Å²) < 4.78 is 77.7. The highest BCUT2D eigenvalue weighted by Crippen LogP contribution is 2.42. The molecular formula is C19H17F3N2O4S. The van der Waals surface area contributed by atoms with Crippen molar-refractivity contribution in [2.75, 3.05) is 13.2 Å². The van der Waals surface area contributed by atoms with E-state index in [4.69, 9.17) is 9.47 Å². The summed E-state index contributed by atoms with van der Waals surface area (Å²) in [5.41, 5.74) is 0.0225. The van der Waals surface area contributed by atoms with Gasteiger partial charge in [0.1, 0.15) is 18.9 Å². The average Bonchev–Trinajstić information content (AvgIpc) is 3.15. The number of rotatable bonds is 3. The second-order valence-corrected chi connectivity index (χ2v) is 8.55. The molecule has 10 heteroatoms. The normalized spacial score (nSPS) is 19.2. The van der Waals surface area contributed by atoms with Gasteiger partial charge in [0.15, 0.2) is 11.5 Å². The highest BCUT2D eigenvalue weighted by molar-refractivity contribution is 7.89. The first-order valence-electron chi connectivity index (χ1n) is 8.81. The van der Waals surface area contributed by atoms with Crippen LogP contribution in [0, 0.1) is 6.92 Å². The molecule has 29 heavy (non-hydrogen) atoms. The molecule has 0 N–H and O–H groups in total. The highest BCUT2D eigenvalue weighted by atomic mass is 32.2. The molecule has 2 heterocycles. The number of halogens is 3. The van der Waals surface area contributed by atoms with Crippen molar-refractivity contribution in [3.8, 4) is 11.5 Å². The fourth-order valence-corrected chi connectivity index (χ4v) is 4.65. The summed E-state index contributed by atoms with van der Waals surface area (Å²) in [6, 6.07) is 9.32. The summed E-state index contributed by atoms with van der Waals surface area (Å²) in [6.07, 6.45) is -5.32. The molecule has 0 spiro atoms. The first kappa shape index (κ1) is 19.6. The van der Waals surface area contributed by atoms with E-state index in [1.54, 1.807) is 25.1 Å². The Kier molecular flexibility index (Phi) is 4.68. The summed E-state index contributed by atoms with van der Waals surface area (Å²) >= 11 is 0. The lowest BCUT2D eigenvalue weighted by atomic mass is 10.0. The average molecular weight is 426 g/mol. The number of hydrogen-bond donors (Lipinski definition) is 0.